The number of rotatable bonds is 6. The molecule has 2 amide bonds. The van der Waals surface area contributed by atoms with Crippen molar-refractivity contribution in [3.63, 3.8) is 0 Å². The Labute approximate surface area is 192 Å². The Balaban J connectivity index is 1.56. The maximum Gasteiger partial charge on any atom is 0.266 e. The van der Waals surface area contributed by atoms with Crippen LogP contribution in [-0.2, 0) is 14.4 Å². The second-order valence-electron chi connectivity index (χ2n) is 7.84. The number of amides is 2. The number of benzene rings is 3. The molecule has 0 saturated carbocycles. The number of ether oxygens (including phenoxy) is 2. The van der Waals surface area contributed by atoms with Gasteiger partial charge in [0.05, 0.1) is 31.1 Å². The lowest BCUT2D eigenvalue weighted by Crippen LogP contribution is -2.37. The largest absolute Gasteiger partial charge is 0.496 e. The summed E-state index contributed by atoms with van der Waals surface area (Å²) in [5.74, 6) is -0.0945. The lowest BCUT2D eigenvalue weighted by Gasteiger charge is -2.29. The van der Waals surface area contributed by atoms with Crippen LogP contribution in [0.15, 0.2) is 78.9 Å². The van der Waals surface area contributed by atoms with Gasteiger partial charge in [-0.15, -0.1) is 0 Å². The van der Waals surface area contributed by atoms with Gasteiger partial charge in [0.25, 0.3) is 5.91 Å². The fourth-order valence-electron chi connectivity index (χ4n) is 4.55. The molecule has 3 aromatic carbocycles. The Morgan fingerprint density at radius 2 is 1.55 bits per heavy atom. The van der Waals surface area contributed by atoms with Crippen LogP contribution in [0.3, 0.4) is 0 Å². The lowest BCUT2D eigenvalue weighted by molar-refractivity contribution is -0.126. The molecule has 3 aromatic rings. The van der Waals surface area contributed by atoms with Gasteiger partial charge in [0.2, 0.25) is 5.91 Å². The van der Waals surface area contributed by atoms with Gasteiger partial charge >= 0.3 is 0 Å². The van der Waals surface area contributed by atoms with E-state index in [9.17, 15) is 9.59 Å². The van der Waals surface area contributed by atoms with Crippen LogP contribution in [0.2, 0.25) is 0 Å². The first kappa shape index (κ1) is 21.0. The van der Waals surface area contributed by atoms with E-state index >= 15 is 0 Å². The third kappa shape index (κ3) is 3.50. The third-order valence-corrected chi connectivity index (χ3v) is 5.99. The van der Waals surface area contributed by atoms with E-state index in [0.29, 0.717) is 23.8 Å². The Hall–Kier alpha value is -3.84. The first-order valence-corrected chi connectivity index (χ1v) is 10.9. The molecule has 0 aliphatic carbocycles. The number of hydrogen-bond donors (Lipinski definition) is 0. The van der Waals surface area contributed by atoms with E-state index in [2.05, 4.69) is 0 Å². The van der Waals surface area contributed by atoms with Gasteiger partial charge in [0, 0.05) is 5.56 Å². The number of carbonyl (C=O) groups excluding carboxylic acids is 2. The van der Waals surface area contributed by atoms with E-state index in [0.717, 1.165) is 11.3 Å². The van der Waals surface area contributed by atoms with Crippen LogP contribution in [0, 0.1) is 5.92 Å². The van der Waals surface area contributed by atoms with Crippen molar-refractivity contribution < 1.29 is 23.9 Å². The summed E-state index contributed by atoms with van der Waals surface area (Å²) in [5, 5.41) is 1.67. The number of imide groups is 1. The van der Waals surface area contributed by atoms with Crippen molar-refractivity contribution in [3.8, 4) is 11.5 Å². The number of anilines is 2. The molecule has 2 aliphatic heterocycles. The van der Waals surface area contributed by atoms with Crippen molar-refractivity contribution in [3.05, 3.63) is 84.4 Å². The smallest absolute Gasteiger partial charge is 0.266 e. The molecule has 7 heteroatoms. The number of hydroxylamine groups is 1. The van der Waals surface area contributed by atoms with E-state index in [-0.39, 0.29) is 11.8 Å². The minimum Gasteiger partial charge on any atom is -0.496 e. The molecule has 2 fully saturated rings. The highest BCUT2D eigenvalue weighted by atomic mass is 16.7. The first-order chi connectivity index (χ1) is 16.1. The molecule has 2 saturated heterocycles. The highest BCUT2D eigenvalue weighted by molar-refractivity contribution is 6.24. The summed E-state index contributed by atoms with van der Waals surface area (Å²) in [6.07, 6.45) is -0.931. The topological polar surface area (TPSA) is 68.3 Å². The normalized spacial score (nSPS) is 21.9. The second-order valence-corrected chi connectivity index (χ2v) is 7.84. The monoisotopic (exact) mass is 444 g/mol. The number of carbonyl (C=O) groups is 2. The molecule has 7 nitrogen and oxygen atoms in total. The van der Waals surface area contributed by atoms with Crippen LogP contribution in [0.25, 0.3) is 0 Å². The molecule has 0 bridgehead atoms. The zero-order chi connectivity index (χ0) is 22.9. The quantitative estimate of drug-likeness (QED) is 0.532. The fourth-order valence-corrected chi connectivity index (χ4v) is 4.55. The molecule has 0 aromatic heterocycles. The van der Waals surface area contributed by atoms with E-state index in [4.69, 9.17) is 14.3 Å². The summed E-state index contributed by atoms with van der Waals surface area (Å²) in [4.78, 5) is 34.5. The van der Waals surface area contributed by atoms with Gasteiger partial charge in [0.1, 0.15) is 17.4 Å². The Morgan fingerprint density at radius 3 is 2.24 bits per heavy atom. The summed E-state index contributed by atoms with van der Waals surface area (Å²) in [7, 11) is 1.59. The second kappa shape index (κ2) is 8.60. The summed E-state index contributed by atoms with van der Waals surface area (Å²) in [5.41, 5.74) is 2.04. The van der Waals surface area contributed by atoms with Crippen LogP contribution in [-0.4, -0.2) is 31.6 Å². The number of nitrogens with zero attached hydrogens (tertiary/aromatic N) is 2. The average Bonchev–Trinajstić information content (AvgIpc) is 3.36. The zero-order valence-corrected chi connectivity index (χ0v) is 18.4. The number of hydrogen-bond acceptors (Lipinski definition) is 6. The highest BCUT2D eigenvalue weighted by Gasteiger charge is 2.60. The Bertz CT molecular complexity index is 1160. The van der Waals surface area contributed by atoms with E-state index in [1.54, 1.807) is 36.4 Å². The molecule has 3 atom stereocenters. The molecule has 3 unspecified atom stereocenters. The molecule has 0 N–H and O–H groups in total. The Kier molecular flexibility index (Phi) is 5.48. The van der Waals surface area contributed by atoms with Gasteiger partial charge in [-0.05, 0) is 49.4 Å². The van der Waals surface area contributed by atoms with Gasteiger partial charge in [-0.1, -0.05) is 36.4 Å². The van der Waals surface area contributed by atoms with Crippen molar-refractivity contribution in [2.45, 2.75) is 19.1 Å². The molecule has 0 spiro atoms. The molecule has 0 radical (unpaired) electrons. The van der Waals surface area contributed by atoms with Crippen LogP contribution in [0.1, 0.15) is 18.5 Å². The fraction of sp³-hybridized carbons (Fsp3) is 0.231. The highest BCUT2D eigenvalue weighted by Crippen LogP contribution is 2.49. The minimum absolute atomic E-state index is 0.302. The maximum absolute atomic E-state index is 13.7. The van der Waals surface area contributed by atoms with Crippen LogP contribution >= 0.6 is 0 Å². The zero-order valence-electron chi connectivity index (χ0n) is 18.4. The maximum atomic E-state index is 13.7. The molecular weight excluding hydrogens is 420 g/mol. The van der Waals surface area contributed by atoms with Gasteiger partial charge in [0.15, 0.2) is 6.10 Å². The standard InChI is InChI=1S/C26H24N2O5/c1-3-32-19-15-13-17(14-16-19)27-25(29)22-23(20-11-7-8-12-21(20)31-2)28(33-24(22)26(27)30)18-9-5-4-6-10-18/h4-16,22-24H,3H2,1-2H3. The van der Waals surface area contributed by atoms with Crippen molar-refractivity contribution in [2.75, 3.05) is 23.7 Å². The average molecular weight is 444 g/mol. The number of fused-ring (bicyclic) bond motifs is 1. The molecule has 5 rings (SSSR count). The molecular formula is C26H24N2O5. The lowest BCUT2D eigenvalue weighted by atomic mass is 9.90. The molecule has 33 heavy (non-hydrogen) atoms. The summed E-state index contributed by atoms with van der Waals surface area (Å²) < 4.78 is 11.1. The van der Waals surface area contributed by atoms with Gasteiger partial charge in [-0.2, -0.15) is 0 Å². The van der Waals surface area contributed by atoms with E-state index < -0.39 is 18.1 Å². The van der Waals surface area contributed by atoms with E-state index in [1.807, 2.05) is 61.5 Å². The third-order valence-electron chi connectivity index (χ3n) is 5.99. The minimum atomic E-state index is -0.931. The number of para-hydroxylation sites is 2. The predicted octanol–water partition coefficient (Wildman–Crippen LogP) is 4.15. The molecule has 168 valence electrons. The Morgan fingerprint density at radius 1 is 0.848 bits per heavy atom. The summed E-state index contributed by atoms with van der Waals surface area (Å²) in [6.45, 7) is 2.44. The van der Waals surface area contributed by atoms with Gasteiger partial charge < -0.3 is 9.47 Å². The first-order valence-electron chi connectivity index (χ1n) is 10.9. The van der Waals surface area contributed by atoms with E-state index in [1.165, 1.54) is 4.90 Å². The van der Waals surface area contributed by atoms with Gasteiger partial charge in [-0.3, -0.25) is 14.4 Å². The van der Waals surface area contributed by atoms with Crippen molar-refractivity contribution >= 4 is 23.2 Å². The van der Waals surface area contributed by atoms with Crippen molar-refractivity contribution in [2.24, 2.45) is 5.92 Å². The van der Waals surface area contributed by atoms with Crippen LogP contribution in [0.5, 0.6) is 11.5 Å². The SMILES string of the molecule is CCOc1ccc(N2C(=O)C3ON(c4ccccc4)C(c4ccccc4OC)C3C2=O)cc1. The van der Waals surface area contributed by atoms with Crippen molar-refractivity contribution in [1.29, 1.82) is 0 Å². The molecule has 2 heterocycles. The van der Waals surface area contributed by atoms with Crippen LogP contribution in [0.4, 0.5) is 11.4 Å². The predicted molar refractivity (Wildman–Crippen MR) is 123 cm³/mol. The van der Waals surface area contributed by atoms with Crippen LogP contribution < -0.4 is 19.4 Å². The van der Waals surface area contributed by atoms with Gasteiger partial charge in [-0.25, -0.2) is 9.96 Å². The summed E-state index contributed by atoms with van der Waals surface area (Å²) >= 11 is 0. The molecule has 2 aliphatic rings. The number of methoxy groups -OCH3 is 1. The van der Waals surface area contributed by atoms with Crippen molar-refractivity contribution in [1.82, 2.24) is 0 Å². The summed E-state index contributed by atoms with van der Waals surface area (Å²) in [6, 6.07) is 23.4.